The Bertz CT molecular complexity index is 635. The van der Waals surface area contributed by atoms with Gasteiger partial charge in [0.15, 0.2) is 0 Å². The number of sulfonamides is 1. The Balaban J connectivity index is 2.13. The van der Waals surface area contributed by atoms with Gasteiger partial charge in [-0.2, -0.15) is 0 Å². The molecule has 18 heavy (non-hydrogen) atoms. The second-order valence-corrected chi connectivity index (χ2v) is 5.50. The fourth-order valence-corrected chi connectivity index (χ4v) is 2.40. The summed E-state index contributed by atoms with van der Waals surface area (Å²) in [6.07, 6.45) is 3.31. The Morgan fingerprint density at radius 1 is 1.33 bits per heavy atom. The number of nitrogens with zero attached hydrogens (tertiary/aromatic N) is 2. The first-order valence-electron chi connectivity index (χ1n) is 5.20. The zero-order chi connectivity index (χ0) is 13.2. The van der Waals surface area contributed by atoms with E-state index < -0.39 is 15.8 Å². The average Bonchev–Trinajstić information content (AvgIpc) is 2.73. The van der Waals surface area contributed by atoms with Gasteiger partial charge in [0.1, 0.15) is 11.6 Å². The normalized spacial score (nSPS) is 11.7. The van der Waals surface area contributed by atoms with Crippen molar-refractivity contribution < 1.29 is 12.8 Å². The summed E-state index contributed by atoms with van der Waals surface area (Å²) < 4.78 is 40.6. The molecule has 0 radical (unpaired) electrons. The molecule has 0 fully saturated rings. The molecule has 96 valence electrons. The molecule has 0 aliphatic rings. The lowest BCUT2D eigenvalue weighted by atomic mass is 10.4. The minimum Gasteiger partial charge on any atom is -0.337 e. The van der Waals surface area contributed by atoms with Crippen molar-refractivity contribution in [2.24, 2.45) is 7.05 Å². The highest BCUT2D eigenvalue weighted by Gasteiger charge is 2.14. The Morgan fingerprint density at radius 3 is 2.56 bits per heavy atom. The van der Waals surface area contributed by atoms with E-state index in [1.807, 2.05) is 0 Å². The predicted octanol–water partition coefficient (Wildman–Crippen LogP) is 1.04. The smallest absolute Gasteiger partial charge is 0.240 e. The van der Waals surface area contributed by atoms with Gasteiger partial charge in [0, 0.05) is 19.4 Å². The summed E-state index contributed by atoms with van der Waals surface area (Å²) in [7, 11) is -1.87. The van der Waals surface area contributed by atoms with Crippen molar-refractivity contribution in [3.05, 3.63) is 48.3 Å². The Morgan fingerprint density at radius 2 is 2.00 bits per heavy atom. The molecule has 0 amide bonds. The lowest BCUT2D eigenvalue weighted by Crippen LogP contribution is -2.24. The Kier molecular flexibility index (Phi) is 3.44. The molecule has 0 bridgehead atoms. The summed E-state index contributed by atoms with van der Waals surface area (Å²) in [5.74, 6) is 0.124. The van der Waals surface area contributed by atoms with E-state index in [2.05, 4.69) is 9.71 Å². The maximum atomic E-state index is 12.7. The monoisotopic (exact) mass is 269 g/mol. The number of aromatic nitrogens is 2. The van der Waals surface area contributed by atoms with Gasteiger partial charge in [-0.15, -0.1) is 0 Å². The average molecular weight is 269 g/mol. The molecule has 5 nitrogen and oxygen atoms in total. The van der Waals surface area contributed by atoms with Gasteiger partial charge in [-0.1, -0.05) is 0 Å². The maximum Gasteiger partial charge on any atom is 0.240 e. The molecule has 0 saturated carbocycles. The van der Waals surface area contributed by atoms with Crippen LogP contribution in [-0.2, 0) is 23.6 Å². The van der Waals surface area contributed by atoms with E-state index in [0.717, 1.165) is 12.1 Å². The van der Waals surface area contributed by atoms with Crippen LogP contribution in [0.25, 0.3) is 0 Å². The highest BCUT2D eigenvalue weighted by atomic mass is 32.2. The molecular weight excluding hydrogens is 257 g/mol. The van der Waals surface area contributed by atoms with E-state index >= 15 is 0 Å². The minimum atomic E-state index is -3.64. The van der Waals surface area contributed by atoms with Crippen LogP contribution in [0.1, 0.15) is 5.82 Å². The SMILES string of the molecule is Cn1ccnc1CNS(=O)(=O)c1ccc(F)cc1. The first-order valence-corrected chi connectivity index (χ1v) is 6.69. The van der Waals surface area contributed by atoms with Crippen molar-refractivity contribution >= 4 is 10.0 Å². The van der Waals surface area contributed by atoms with Crippen molar-refractivity contribution in [3.8, 4) is 0 Å². The lowest BCUT2D eigenvalue weighted by Gasteiger charge is -2.06. The Labute approximate surface area is 104 Å². The predicted molar refractivity (Wildman–Crippen MR) is 63.6 cm³/mol. The van der Waals surface area contributed by atoms with Gasteiger partial charge in [0.25, 0.3) is 0 Å². The van der Waals surface area contributed by atoms with Crippen LogP contribution in [0, 0.1) is 5.82 Å². The molecule has 1 aromatic carbocycles. The molecule has 2 aromatic rings. The second-order valence-electron chi connectivity index (χ2n) is 3.73. The van der Waals surface area contributed by atoms with Crippen LogP contribution in [0.3, 0.4) is 0 Å². The molecule has 0 aliphatic heterocycles. The van der Waals surface area contributed by atoms with Crippen LogP contribution in [-0.4, -0.2) is 18.0 Å². The largest absolute Gasteiger partial charge is 0.337 e. The highest BCUT2D eigenvalue weighted by molar-refractivity contribution is 7.89. The summed E-state index contributed by atoms with van der Waals surface area (Å²) in [5.41, 5.74) is 0. The number of halogens is 1. The van der Waals surface area contributed by atoms with Crippen LogP contribution >= 0.6 is 0 Å². The molecule has 0 unspecified atom stereocenters. The van der Waals surface area contributed by atoms with Crippen LogP contribution in [0.4, 0.5) is 4.39 Å². The highest BCUT2D eigenvalue weighted by Crippen LogP contribution is 2.10. The van der Waals surface area contributed by atoms with Gasteiger partial charge >= 0.3 is 0 Å². The van der Waals surface area contributed by atoms with Gasteiger partial charge in [-0.25, -0.2) is 22.5 Å². The summed E-state index contributed by atoms with van der Waals surface area (Å²) in [6, 6.07) is 4.65. The topological polar surface area (TPSA) is 64.0 Å². The molecule has 1 N–H and O–H groups in total. The quantitative estimate of drug-likeness (QED) is 0.902. The molecule has 0 aliphatic carbocycles. The fraction of sp³-hybridized carbons (Fsp3) is 0.182. The van der Waals surface area contributed by atoms with E-state index in [-0.39, 0.29) is 11.4 Å². The zero-order valence-corrected chi connectivity index (χ0v) is 10.5. The van der Waals surface area contributed by atoms with Crippen LogP contribution in [0.5, 0.6) is 0 Å². The van der Waals surface area contributed by atoms with Crippen molar-refractivity contribution in [2.75, 3.05) is 0 Å². The number of imidazole rings is 1. The molecule has 1 heterocycles. The van der Waals surface area contributed by atoms with E-state index in [0.29, 0.717) is 5.82 Å². The first-order chi connectivity index (χ1) is 8.49. The number of rotatable bonds is 4. The zero-order valence-electron chi connectivity index (χ0n) is 9.67. The van der Waals surface area contributed by atoms with Gasteiger partial charge in [0.05, 0.1) is 11.4 Å². The number of nitrogens with one attached hydrogen (secondary N) is 1. The lowest BCUT2D eigenvalue weighted by molar-refractivity contribution is 0.576. The molecule has 0 atom stereocenters. The van der Waals surface area contributed by atoms with Gasteiger partial charge < -0.3 is 4.57 Å². The van der Waals surface area contributed by atoms with Crippen LogP contribution in [0.2, 0.25) is 0 Å². The van der Waals surface area contributed by atoms with Crippen molar-refractivity contribution in [1.82, 2.24) is 14.3 Å². The molecule has 7 heteroatoms. The summed E-state index contributed by atoms with van der Waals surface area (Å²) in [5, 5.41) is 0. The van der Waals surface area contributed by atoms with Crippen LogP contribution in [0.15, 0.2) is 41.6 Å². The third kappa shape index (κ3) is 2.74. The maximum absolute atomic E-state index is 12.7. The molecule has 2 rings (SSSR count). The number of hydrogen-bond donors (Lipinski definition) is 1. The number of benzene rings is 1. The van der Waals surface area contributed by atoms with Crippen molar-refractivity contribution in [1.29, 1.82) is 0 Å². The van der Waals surface area contributed by atoms with E-state index in [9.17, 15) is 12.8 Å². The minimum absolute atomic E-state index is 0.0260. The fourth-order valence-electron chi connectivity index (χ4n) is 1.42. The third-order valence-corrected chi connectivity index (χ3v) is 3.88. The van der Waals surface area contributed by atoms with E-state index in [4.69, 9.17) is 0 Å². The van der Waals surface area contributed by atoms with Crippen molar-refractivity contribution in [3.63, 3.8) is 0 Å². The molecule has 0 spiro atoms. The summed E-state index contributed by atoms with van der Waals surface area (Å²) in [6.45, 7) is 0.0865. The van der Waals surface area contributed by atoms with Crippen molar-refractivity contribution in [2.45, 2.75) is 11.4 Å². The van der Waals surface area contributed by atoms with Gasteiger partial charge in [-0.05, 0) is 24.3 Å². The second kappa shape index (κ2) is 4.87. The third-order valence-electron chi connectivity index (χ3n) is 2.47. The van der Waals surface area contributed by atoms with Gasteiger partial charge in [-0.3, -0.25) is 0 Å². The standard InChI is InChI=1S/C11H12FN3O2S/c1-15-7-6-13-11(15)8-14-18(16,17)10-4-2-9(12)3-5-10/h2-7,14H,8H2,1H3. The van der Waals surface area contributed by atoms with E-state index in [1.165, 1.54) is 12.1 Å². The Hall–Kier alpha value is -1.73. The van der Waals surface area contributed by atoms with Crippen LogP contribution < -0.4 is 4.72 Å². The molecule has 0 saturated heterocycles. The molecular formula is C11H12FN3O2S. The first kappa shape index (κ1) is 12.7. The number of hydrogen-bond acceptors (Lipinski definition) is 3. The van der Waals surface area contributed by atoms with Gasteiger partial charge in [0.2, 0.25) is 10.0 Å². The summed E-state index contributed by atoms with van der Waals surface area (Å²) in [4.78, 5) is 4.03. The number of aryl methyl sites for hydroxylation is 1. The molecule has 1 aromatic heterocycles. The summed E-state index contributed by atoms with van der Waals surface area (Å²) >= 11 is 0. The van der Waals surface area contributed by atoms with E-state index in [1.54, 1.807) is 24.0 Å².